The lowest BCUT2D eigenvalue weighted by Crippen LogP contribution is -2.44. The van der Waals surface area contributed by atoms with Gasteiger partial charge in [-0.2, -0.15) is 0 Å². The highest BCUT2D eigenvalue weighted by Gasteiger charge is 2.34. The van der Waals surface area contributed by atoms with Crippen LogP contribution in [0.15, 0.2) is 78.9 Å². The predicted octanol–water partition coefficient (Wildman–Crippen LogP) is 5.66. The van der Waals surface area contributed by atoms with Crippen molar-refractivity contribution >= 4 is 12.6 Å². The third kappa shape index (κ3) is 6.57. The van der Waals surface area contributed by atoms with Gasteiger partial charge < -0.3 is 38.6 Å². The van der Waals surface area contributed by atoms with Gasteiger partial charge in [0.1, 0.15) is 18.1 Å². The fourth-order valence-electron chi connectivity index (χ4n) is 5.04. The second kappa shape index (κ2) is 11.7. The van der Waals surface area contributed by atoms with Crippen molar-refractivity contribution in [2.45, 2.75) is 34.3 Å². The average Bonchev–Trinajstić information content (AvgIpc) is 2.89. The number of aliphatic hydroxyl groups is 2. The summed E-state index contributed by atoms with van der Waals surface area (Å²) >= 11 is 0. The maximum Gasteiger partial charge on any atom is 0.636 e. The summed E-state index contributed by atoms with van der Waals surface area (Å²) in [7, 11) is 0.618. The first-order valence-electron chi connectivity index (χ1n) is 13.6. The second-order valence-corrected chi connectivity index (χ2v) is 11.1. The first-order valence-corrected chi connectivity index (χ1v) is 13.6. The molecule has 0 spiro atoms. The third-order valence-corrected chi connectivity index (χ3v) is 7.34. The molecule has 5 rings (SSSR count). The topological polar surface area (TPSA) is 89.9 Å². The fraction of sp³-hybridized carbons (Fsp3) is 0.312. The Morgan fingerprint density at radius 1 is 0.878 bits per heavy atom. The molecule has 2 aliphatic heterocycles. The minimum Gasteiger partial charge on any atom is -0.494 e. The molecule has 3 aromatic rings. The van der Waals surface area contributed by atoms with Crippen LogP contribution in [-0.2, 0) is 20.7 Å². The van der Waals surface area contributed by atoms with E-state index >= 15 is 0 Å². The molecule has 0 aliphatic carbocycles. The van der Waals surface area contributed by atoms with E-state index in [1.807, 2.05) is 0 Å². The van der Waals surface area contributed by atoms with Gasteiger partial charge in [0, 0.05) is 17.9 Å². The van der Waals surface area contributed by atoms with Crippen molar-refractivity contribution in [3.05, 3.63) is 101 Å². The summed E-state index contributed by atoms with van der Waals surface area (Å²) in [6.45, 7) is 11.1. The van der Waals surface area contributed by atoms with E-state index < -0.39 is 7.12 Å². The molecule has 41 heavy (non-hydrogen) atoms. The zero-order chi connectivity index (χ0) is 29.1. The van der Waals surface area contributed by atoms with Crippen molar-refractivity contribution < 1.29 is 33.7 Å². The van der Waals surface area contributed by atoms with Gasteiger partial charge in [-0.05, 0) is 78.4 Å². The standard InChI is InChI=1S/C32H36BNO7/c1-21-13-27(39-20-32(4)18-37-19-32)14-22(2)31(21)28-8-6-7-24(23(28)3)17-38-26-11-9-25(10-12-26)33-40-29(35)15-34(5)16-30(36)41-33/h6-16,35-36H,17-20H2,1-5H3/b29-15-,30-16?. The van der Waals surface area contributed by atoms with Gasteiger partial charge in [0.15, 0.2) is 0 Å². The molecular formula is C32H36BNO7. The summed E-state index contributed by atoms with van der Waals surface area (Å²) in [5.41, 5.74) is 7.66. The Morgan fingerprint density at radius 3 is 2.10 bits per heavy atom. The van der Waals surface area contributed by atoms with Crippen LogP contribution in [0.25, 0.3) is 11.1 Å². The molecule has 0 atom stereocenters. The van der Waals surface area contributed by atoms with Crippen molar-refractivity contribution in [3.8, 4) is 22.6 Å². The molecule has 8 nitrogen and oxygen atoms in total. The molecule has 2 heterocycles. The number of aryl methyl sites for hydroxylation is 2. The zero-order valence-electron chi connectivity index (χ0n) is 24.1. The van der Waals surface area contributed by atoms with E-state index in [1.54, 1.807) is 31.3 Å². The Labute approximate surface area is 241 Å². The van der Waals surface area contributed by atoms with E-state index in [9.17, 15) is 10.2 Å². The molecule has 1 fully saturated rings. The first kappa shape index (κ1) is 28.3. The number of ether oxygens (including phenoxy) is 3. The molecule has 2 aliphatic rings. The van der Waals surface area contributed by atoms with Crippen LogP contribution in [0.1, 0.15) is 29.2 Å². The molecule has 0 amide bonds. The summed E-state index contributed by atoms with van der Waals surface area (Å²) in [6, 6.07) is 17.7. The molecule has 0 saturated carbocycles. The van der Waals surface area contributed by atoms with Crippen molar-refractivity contribution in [2.24, 2.45) is 5.41 Å². The van der Waals surface area contributed by atoms with Gasteiger partial charge in [-0.25, -0.2) is 0 Å². The molecule has 9 heteroatoms. The lowest BCUT2D eigenvalue weighted by Gasteiger charge is -2.37. The Kier molecular flexibility index (Phi) is 8.08. The van der Waals surface area contributed by atoms with Gasteiger partial charge in [-0.15, -0.1) is 0 Å². The van der Waals surface area contributed by atoms with Gasteiger partial charge in [-0.3, -0.25) is 0 Å². The first-order chi connectivity index (χ1) is 19.6. The number of aliphatic hydroxyl groups excluding tert-OH is 2. The summed E-state index contributed by atoms with van der Waals surface area (Å²) in [4.78, 5) is 1.42. The Balaban J connectivity index is 1.27. The molecule has 1 saturated heterocycles. The van der Waals surface area contributed by atoms with E-state index in [0.717, 1.165) is 30.1 Å². The van der Waals surface area contributed by atoms with Crippen LogP contribution in [0.3, 0.4) is 0 Å². The Hall–Kier alpha value is -4.24. The van der Waals surface area contributed by atoms with Gasteiger partial charge in [0.25, 0.3) is 11.9 Å². The van der Waals surface area contributed by atoms with Crippen molar-refractivity contribution in [1.82, 2.24) is 4.90 Å². The summed E-state index contributed by atoms with van der Waals surface area (Å²) < 4.78 is 28.4. The molecule has 0 bridgehead atoms. The van der Waals surface area contributed by atoms with E-state index in [-0.39, 0.29) is 17.3 Å². The van der Waals surface area contributed by atoms with Gasteiger partial charge in [-0.1, -0.05) is 37.3 Å². The zero-order valence-corrected chi connectivity index (χ0v) is 24.1. The highest BCUT2D eigenvalue weighted by atomic mass is 16.7. The summed E-state index contributed by atoms with van der Waals surface area (Å²) in [6.07, 6.45) is 2.66. The van der Waals surface area contributed by atoms with Crippen LogP contribution >= 0.6 is 0 Å². The minimum absolute atomic E-state index is 0.0971. The van der Waals surface area contributed by atoms with Crippen LogP contribution in [0.5, 0.6) is 11.5 Å². The van der Waals surface area contributed by atoms with Gasteiger partial charge in [0.05, 0.1) is 32.2 Å². The summed E-state index contributed by atoms with van der Waals surface area (Å²) in [5.74, 6) is 0.894. The van der Waals surface area contributed by atoms with Crippen molar-refractivity contribution in [1.29, 1.82) is 0 Å². The molecule has 3 aromatic carbocycles. The molecule has 0 radical (unpaired) electrons. The molecular weight excluding hydrogens is 521 g/mol. The number of nitrogens with zero attached hydrogens (tertiary/aromatic N) is 1. The quantitative estimate of drug-likeness (QED) is 0.343. The van der Waals surface area contributed by atoms with Crippen molar-refractivity contribution in [2.75, 3.05) is 26.9 Å². The largest absolute Gasteiger partial charge is 0.636 e. The van der Waals surface area contributed by atoms with Crippen molar-refractivity contribution in [3.63, 3.8) is 0 Å². The van der Waals surface area contributed by atoms with Gasteiger partial charge >= 0.3 is 7.12 Å². The van der Waals surface area contributed by atoms with Crippen LogP contribution in [0, 0.1) is 26.2 Å². The maximum atomic E-state index is 9.98. The lowest BCUT2D eigenvalue weighted by molar-refractivity contribution is -0.120. The number of benzene rings is 3. The Bertz CT molecular complexity index is 1420. The Morgan fingerprint density at radius 2 is 1.51 bits per heavy atom. The lowest BCUT2D eigenvalue weighted by atomic mass is 9.79. The highest BCUT2D eigenvalue weighted by molar-refractivity contribution is 6.61. The second-order valence-electron chi connectivity index (χ2n) is 11.1. The third-order valence-electron chi connectivity index (χ3n) is 7.34. The van der Waals surface area contributed by atoms with E-state index in [2.05, 4.69) is 58.0 Å². The minimum atomic E-state index is -1.01. The maximum absolute atomic E-state index is 9.98. The van der Waals surface area contributed by atoms with E-state index in [0.29, 0.717) is 24.4 Å². The van der Waals surface area contributed by atoms with Crippen LogP contribution in [0.2, 0.25) is 0 Å². The average molecular weight is 557 g/mol. The fourth-order valence-corrected chi connectivity index (χ4v) is 5.04. The normalized spacial score (nSPS) is 17.6. The molecule has 0 aromatic heterocycles. The number of hydrogen-bond donors (Lipinski definition) is 2. The summed E-state index contributed by atoms with van der Waals surface area (Å²) in [5, 5.41) is 20.0. The molecule has 0 unspecified atom stereocenters. The van der Waals surface area contributed by atoms with E-state index in [4.69, 9.17) is 23.5 Å². The number of rotatable bonds is 8. The number of hydrogen-bond acceptors (Lipinski definition) is 8. The molecule has 214 valence electrons. The molecule has 2 N–H and O–H groups in total. The highest BCUT2D eigenvalue weighted by Crippen LogP contribution is 2.35. The van der Waals surface area contributed by atoms with Gasteiger partial charge in [0.2, 0.25) is 0 Å². The van der Waals surface area contributed by atoms with E-state index in [1.165, 1.54) is 39.6 Å². The van der Waals surface area contributed by atoms with Crippen LogP contribution in [0.4, 0.5) is 0 Å². The van der Waals surface area contributed by atoms with Crippen LogP contribution < -0.4 is 14.9 Å². The SMILES string of the molecule is Cc1cc(OCC2(C)COC2)cc(C)c1-c1cccc(COc2ccc(B3OC(O)=CN(C)/C=C(/O)O3)cc2)c1C. The monoisotopic (exact) mass is 557 g/mol. The van der Waals surface area contributed by atoms with Crippen LogP contribution in [-0.4, -0.2) is 49.1 Å². The predicted molar refractivity (Wildman–Crippen MR) is 158 cm³/mol. The smallest absolute Gasteiger partial charge is 0.494 e.